The summed E-state index contributed by atoms with van der Waals surface area (Å²) in [5, 5.41) is 18.4. The Bertz CT molecular complexity index is 1220. The fourth-order valence-electron chi connectivity index (χ4n) is 4.50. The third kappa shape index (κ3) is 5.85. The molecule has 0 radical (unpaired) electrons. The number of aliphatic hydroxyl groups excluding tert-OH is 1. The van der Waals surface area contributed by atoms with Crippen LogP contribution in [-0.4, -0.2) is 56.1 Å². The van der Waals surface area contributed by atoms with Crippen LogP contribution in [0.5, 0.6) is 11.5 Å². The summed E-state index contributed by atoms with van der Waals surface area (Å²) in [4.78, 5) is 20.7. The number of H-pyrrole nitrogens is 1. The number of aryl methyl sites for hydroxylation is 1. The predicted octanol–water partition coefficient (Wildman–Crippen LogP) is 3.58. The van der Waals surface area contributed by atoms with E-state index in [-0.39, 0.29) is 17.7 Å². The number of ether oxygens (including phenoxy) is 2. The number of imidazole rings is 1. The zero-order chi connectivity index (χ0) is 25.2. The Hall–Kier alpha value is -2.91. The van der Waals surface area contributed by atoms with Crippen molar-refractivity contribution in [1.82, 2.24) is 24.9 Å². The van der Waals surface area contributed by atoms with Gasteiger partial charge in [-0.05, 0) is 65.7 Å². The van der Waals surface area contributed by atoms with E-state index in [0.29, 0.717) is 53.2 Å². The van der Waals surface area contributed by atoms with Crippen LogP contribution >= 0.6 is 0 Å². The first-order valence-electron chi connectivity index (χ1n) is 12.5. The summed E-state index contributed by atoms with van der Waals surface area (Å²) in [6.45, 7) is 10.9. The van der Waals surface area contributed by atoms with E-state index < -0.39 is 6.10 Å². The Kier molecular flexibility index (Phi) is 7.47. The molecule has 1 aliphatic rings. The number of nitrogens with zero attached hydrogens (tertiary/aromatic N) is 3. The molecule has 0 spiro atoms. The van der Waals surface area contributed by atoms with Gasteiger partial charge in [-0.15, -0.1) is 5.10 Å². The second-order valence-electron chi connectivity index (χ2n) is 10.3. The molecule has 0 amide bonds. The SMILES string of the molecule is CCOc1ccc(OCC(O)CNC(C)(C)C)cc1-c1nn2c(C3CCCC3)nc(C)c2c(=O)[nH]1. The first-order chi connectivity index (χ1) is 16.7. The van der Waals surface area contributed by atoms with Crippen molar-refractivity contribution in [2.75, 3.05) is 19.8 Å². The summed E-state index contributed by atoms with van der Waals surface area (Å²) in [7, 11) is 0. The maximum absolute atomic E-state index is 13.1. The van der Waals surface area contributed by atoms with E-state index in [1.165, 1.54) is 12.8 Å². The first-order valence-corrected chi connectivity index (χ1v) is 12.5. The normalized spacial score (nSPS) is 15.6. The van der Waals surface area contributed by atoms with Crippen LogP contribution in [0.4, 0.5) is 0 Å². The van der Waals surface area contributed by atoms with Gasteiger partial charge < -0.3 is 24.9 Å². The largest absolute Gasteiger partial charge is 0.493 e. The maximum atomic E-state index is 13.1. The highest BCUT2D eigenvalue weighted by molar-refractivity contribution is 5.67. The highest BCUT2D eigenvalue weighted by Gasteiger charge is 2.25. The summed E-state index contributed by atoms with van der Waals surface area (Å²) < 4.78 is 13.4. The summed E-state index contributed by atoms with van der Waals surface area (Å²) in [5.74, 6) is 2.70. The average molecular weight is 484 g/mol. The van der Waals surface area contributed by atoms with Crippen LogP contribution in [0.3, 0.4) is 0 Å². The molecule has 0 bridgehead atoms. The molecule has 0 aliphatic heterocycles. The van der Waals surface area contributed by atoms with E-state index >= 15 is 0 Å². The van der Waals surface area contributed by atoms with Crippen LogP contribution in [-0.2, 0) is 0 Å². The van der Waals surface area contributed by atoms with E-state index in [2.05, 4.69) is 10.3 Å². The molecule has 1 fully saturated rings. The number of aromatic amines is 1. The summed E-state index contributed by atoms with van der Waals surface area (Å²) in [5.41, 5.74) is 1.46. The second kappa shape index (κ2) is 10.4. The molecule has 1 unspecified atom stereocenters. The smallest absolute Gasteiger partial charge is 0.277 e. The quantitative estimate of drug-likeness (QED) is 0.426. The minimum atomic E-state index is -0.665. The maximum Gasteiger partial charge on any atom is 0.277 e. The molecule has 3 N–H and O–H groups in total. The molecule has 0 saturated heterocycles. The molecule has 1 atom stereocenters. The number of aliphatic hydroxyl groups is 1. The number of nitrogens with one attached hydrogen (secondary N) is 2. The van der Waals surface area contributed by atoms with Crippen LogP contribution < -0.4 is 20.3 Å². The van der Waals surface area contributed by atoms with Crippen molar-refractivity contribution in [3.63, 3.8) is 0 Å². The fraction of sp³-hybridized carbons (Fsp3) is 0.577. The van der Waals surface area contributed by atoms with Crippen molar-refractivity contribution in [2.45, 2.75) is 77.9 Å². The molecule has 9 heteroatoms. The highest BCUT2D eigenvalue weighted by atomic mass is 16.5. The zero-order valence-corrected chi connectivity index (χ0v) is 21.4. The number of benzene rings is 1. The van der Waals surface area contributed by atoms with Gasteiger partial charge in [0.05, 0.1) is 17.9 Å². The van der Waals surface area contributed by atoms with E-state index in [1.54, 1.807) is 22.7 Å². The number of fused-ring (bicyclic) bond motifs is 1. The molecule has 190 valence electrons. The molecule has 1 aliphatic carbocycles. The molecular weight excluding hydrogens is 446 g/mol. The molecule has 35 heavy (non-hydrogen) atoms. The third-order valence-corrected chi connectivity index (χ3v) is 6.24. The summed E-state index contributed by atoms with van der Waals surface area (Å²) >= 11 is 0. The van der Waals surface area contributed by atoms with Crippen molar-refractivity contribution in [2.24, 2.45) is 0 Å². The van der Waals surface area contributed by atoms with Crippen LogP contribution in [0.2, 0.25) is 0 Å². The molecule has 2 aromatic heterocycles. The third-order valence-electron chi connectivity index (χ3n) is 6.24. The fourth-order valence-corrected chi connectivity index (χ4v) is 4.50. The van der Waals surface area contributed by atoms with Crippen LogP contribution in [0, 0.1) is 6.92 Å². The van der Waals surface area contributed by atoms with Crippen molar-refractivity contribution >= 4 is 5.52 Å². The summed E-state index contributed by atoms with van der Waals surface area (Å²) in [6.07, 6.45) is 3.78. The van der Waals surface area contributed by atoms with Crippen molar-refractivity contribution in [3.8, 4) is 22.9 Å². The van der Waals surface area contributed by atoms with Gasteiger partial charge in [-0.25, -0.2) is 9.50 Å². The number of hydrogen-bond donors (Lipinski definition) is 3. The topological polar surface area (TPSA) is 114 Å². The predicted molar refractivity (Wildman–Crippen MR) is 135 cm³/mol. The second-order valence-corrected chi connectivity index (χ2v) is 10.3. The Labute approximate surface area is 205 Å². The Morgan fingerprint density at radius 2 is 2.00 bits per heavy atom. The monoisotopic (exact) mass is 483 g/mol. The van der Waals surface area contributed by atoms with Gasteiger partial charge in [-0.1, -0.05) is 12.8 Å². The minimum absolute atomic E-state index is 0.0908. The van der Waals surface area contributed by atoms with Crippen LogP contribution in [0.25, 0.3) is 16.9 Å². The van der Waals surface area contributed by atoms with Gasteiger partial charge in [0.25, 0.3) is 5.56 Å². The molecule has 9 nitrogen and oxygen atoms in total. The Morgan fingerprint density at radius 3 is 2.69 bits per heavy atom. The average Bonchev–Trinajstić information content (AvgIpc) is 3.45. The lowest BCUT2D eigenvalue weighted by Crippen LogP contribution is -2.42. The number of β-amino-alcohol motifs (C(OH)–C–C–N with tert-alkyl or cyclic N) is 1. The molecule has 2 heterocycles. The first kappa shape index (κ1) is 25.2. The van der Waals surface area contributed by atoms with E-state index in [4.69, 9.17) is 19.6 Å². The lowest BCUT2D eigenvalue weighted by atomic mass is 10.1. The lowest BCUT2D eigenvalue weighted by molar-refractivity contribution is 0.100. The van der Waals surface area contributed by atoms with Crippen LogP contribution in [0.1, 0.15) is 70.8 Å². The van der Waals surface area contributed by atoms with Gasteiger partial charge in [-0.3, -0.25) is 4.79 Å². The molecule has 4 rings (SSSR count). The van der Waals surface area contributed by atoms with Gasteiger partial charge >= 0.3 is 0 Å². The van der Waals surface area contributed by atoms with Gasteiger partial charge in [0.1, 0.15) is 30.0 Å². The van der Waals surface area contributed by atoms with E-state index in [1.807, 2.05) is 34.6 Å². The molecular formula is C26H37N5O4. The van der Waals surface area contributed by atoms with Crippen molar-refractivity contribution < 1.29 is 14.6 Å². The number of hydrogen-bond acceptors (Lipinski definition) is 7. The van der Waals surface area contributed by atoms with Gasteiger partial charge in [0, 0.05) is 18.0 Å². The minimum Gasteiger partial charge on any atom is -0.493 e. The highest BCUT2D eigenvalue weighted by Crippen LogP contribution is 2.35. The van der Waals surface area contributed by atoms with Crippen molar-refractivity contribution in [1.29, 1.82) is 0 Å². The van der Waals surface area contributed by atoms with Crippen LogP contribution in [0.15, 0.2) is 23.0 Å². The van der Waals surface area contributed by atoms with E-state index in [9.17, 15) is 9.90 Å². The summed E-state index contributed by atoms with van der Waals surface area (Å²) in [6, 6.07) is 5.38. The lowest BCUT2D eigenvalue weighted by Gasteiger charge is -2.23. The Morgan fingerprint density at radius 1 is 1.26 bits per heavy atom. The Balaban J connectivity index is 1.66. The molecule has 1 saturated carbocycles. The molecule has 3 aromatic rings. The van der Waals surface area contributed by atoms with Gasteiger partial charge in [0.2, 0.25) is 0 Å². The zero-order valence-electron chi connectivity index (χ0n) is 21.4. The van der Waals surface area contributed by atoms with Gasteiger partial charge in [0.15, 0.2) is 11.3 Å². The molecule has 1 aromatic carbocycles. The number of rotatable bonds is 9. The standard InChI is InChI=1S/C26H37N5O4/c1-6-34-21-12-11-19(35-15-18(32)14-27-26(3,4)5)13-20(21)23-29-25(33)22-16(2)28-24(31(22)30-23)17-9-7-8-10-17/h11-13,17-18,27,32H,6-10,14-15H2,1-5H3,(H,29,30,33). The van der Waals surface area contributed by atoms with Gasteiger partial charge in [-0.2, -0.15) is 0 Å². The van der Waals surface area contributed by atoms with E-state index in [0.717, 1.165) is 18.7 Å². The number of aromatic nitrogens is 4. The van der Waals surface area contributed by atoms with Crippen molar-refractivity contribution in [3.05, 3.63) is 40.1 Å².